The molecule has 14 nitrogen and oxygen atoms in total. The Morgan fingerprint density at radius 1 is 0.837 bits per heavy atom. The molecule has 1 saturated heterocycles. The van der Waals surface area contributed by atoms with E-state index in [0.717, 1.165) is 19.4 Å². The Morgan fingerprint density at radius 2 is 1.47 bits per heavy atom. The lowest BCUT2D eigenvalue weighted by Crippen LogP contribution is -2.65. The molecular weight excluding hydrogens is 662 g/mol. The minimum absolute atomic E-state index is 0.231. The van der Waals surface area contributed by atoms with Crippen LogP contribution in [0.5, 0.6) is 17.2 Å². The van der Waals surface area contributed by atoms with Crippen LogP contribution in [0.15, 0.2) is 34.0 Å². The van der Waals surface area contributed by atoms with Gasteiger partial charge in [0.15, 0.2) is 41.5 Å². The van der Waals surface area contributed by atoms with E-state index in [0.29, 0.717) is 51.7 Å². The number of aryl methyl sites for hydroxylation is 1. The molecule has 0 bridgehead atoms. The molecule has 266 valence electrons. The molecule has 49 heavy (non-hydrogen) atoms. The summed E-state index contributed by atoms with van der Waals surface area (Å²) < 4.78 is 45.6. The highest BCUT2D eigenvalue weighted by molar-refractivity contribution is 7.98. The van der Waals surface area contributed by atoms with Gasteiger partial charge in [-0.25, -0.2) is 0 Å². The van der Waals surface area contributed by atoms with Crippen molar-refractivity contribution in [2.45, 2.75) is 82.1 Å². The van der Waals surface area contributed by atoms with E-state index >= 15 is 0 Å². The highest BCUT2D eigenvalue weighted by atomic mass is 32.2. The van der Waals surface area contributed by atoms with Crippen LogP contribution in [0.1, 0.15) is 51.3 Å². The molecule has 1 N–H and O–H groups in total. The SMILES string of the molecule is COc1cc2c(c(OC)c1OC)-c1ccc(SC)c(=O)cc1[C@H](N[C@@H]1O[C@@H](COC(C)=O)[C@H](OC(C)=O)[C@H](OC(C)=O)[C@@H]1OC(C)=O)CC2. The number of benzene rings is 1. The Labute approximate surface area is 288 Å². The number of esters is 4. The molecule has 15 heteroatoms. The van der Waals surface area contributed by atoms with Gasteiger partial charge >= 0.3 is 23.9 Å². The number of methoxy groups -OCH3 is 3. The summed E-state index contributed by atoms with van der Waals surface area (Å²) in [6.45, 7) is 4.30. The maximum Gasteiger partial charge on any atom is 0.303 e. The molecule has 2 aliphatic rings. The van der Waals surface area contributed by atoms with Crippen molar-refractivity contribution in [1.82, 2.24) is 5.32 Å². The molecule has 0 amide bonds. The molecular formula is C34H41NO13S. The monoisotopic (exact) mass is 703 g/mol. The first-order valence-corrected chi connectivity index (χ1v) is 16.7. The standard InChI is InChI=1S/C34H41NO13S/c1-16(36)44-15-26-30(45-17(2)37)32(46-18(3)38)33(47-19(4)39)34(48-26)35-23-11-9-20-13-25(41-5)29(42-6)31(43-7)28(20)21-10-12-27(49-8)24(40)14-22(21)23/h10,12-14,23,26,30,32-35H,9,11,15H2,1-8H3/t23-,26+,30+,32+,33+,34-/m1/s1. The summed E-state index contributed by atoms with van der Waals surface area (Å²) in [6.07, 6.45) is -3.73. The first kappa shape index (κ1) is 37.5. The fourth-order valence-corrected chi connectivity index (χ4v) is 6.66. The van der Waals surface area contributed by atoms with Crippen LogP contribution in [-0.2, 0) is 49.3 Å². The van der Waals surface area contributed by atoms with Crippen LogP contribution in [0.3, 0.4) is 0 Å². The summed E-state index contributed by atoms with van der Waals surface area (Å²) in [5, 5.41) is 3.39. The van der Waals surface area contributed by atoms with Crippen LogP contribution >= 0.6 is 11.8 Å². The van der Waals surface area contributed by atoms with Gasteiger partial charge in [-0.05, 0) is 54.0 Å². The maximum absolute atomic E-state index is 13.5. The fourth-order valence-electron chi connectivity index (χ4n) is 6.20. The van der Waals surface area contributed by atoms with Crippen molar-refractivity contribution < 1.29 is 57.1 Å². The predicted molar refractivity (Wildman–Crippen MR) is 176 cm³/mol. The average Bonchev–Trinajstić information content (AvgIpc) is 3.29. The van der Waals surface area contributed by atoms with E-state index < -0.39 is 60.6 Å². The molecule has 1 fully saturated rings. The summed E-state index contributed by atoms with van der Waals surface area (Å²) in [6, 6.07) is 6.33. The summed E-state index contributed by atoms with van der Waals surface area (Å²) in [5.41, 5.74) is 2.55. The molecule has 0 aromatic heterocycles. The lowest BCUT2D eigenvalue weighted by atomic mass is 9.94. The van der Waals surface area contributed by atoms with Gasteiger partial charge in [-0.3, -0.25) is 29.3 Å². The minimum Gasteiger partial charge on any atom is -0.493 e. The third-order valence-corrected chi connectivity index (χ3v) is 8.85. The second kappa shape index (κ2) is 16.4. The van der Waals surface area contributed by atoms with Gasteiger partial charge in [0.1, 0.15) is 12.7 Å². The molecule has 1 aliphatic carbocycles. The van der Waals surface area contributed by atoms with Crippen LogP contribution < -0.4 is 25.0 Å². The normalized spacial score (nSPS) is 22.7. The number of hydrogen-bond donors (Lipinski definition) is 1. The van der Waals surface area contributed by atoms with Crippen LogP contribution in [0.2, 0.25) is 0 Å². The van der Waals surface area contributed by atoms with Gasteiger partial charge < -0.3 is 37.9 Å². The van der Waals surface area contributed by atoms with E-state index in [9.17, 15) is 24.0 Å². The van der Waals surface area contributed by atoms with Gasteiger partial charge in [-0.1, -0.05) is 6.07 Å². The molecule has 4 rings (SSSR count). The van der Waals surface area contributed by atoms with Crippen molar-refractivity contribution in [2.75, 3.05) is 34.2 Å². The summed E-state index contributed by atoms with van der Waals surface area (Å²) >= 11 is 1.30. The number of ether oxygens (including phenoxy) is 8. The number of fused-ring (bicyclic) bond motifs is 3. The molecule has 0 spiro atoms. The van der Waals surface area contributed by atoms with Crippen molar-refractivity contribution in [1.29, 1.82) is 0 Å². The van der Waals surface area contributed by atoms with Crippen LogP contribution in [0.4, 0.5) is 0 Å². The quantitative estimate of drug-likeness (QED) is 0.206. The molecule has 1 aliphatic heterocycles. The molecule has 0 radical (unpaired) electrons. The van der Waals surface area contributed by atoms with Gasteiger partial charge in [0.05, 0.1) is 26.2 Å². The molecule has 2 aromatic rings. The third-order valence-electron chi connectivity index (χ3n) is 8.08. The summed E-state index contributed by atoms with van der Waals surface area (Å²) in [7, 11) is 4.55. The van der Waals surface area contributed by atoms with Gasteiger partial charge in [0, 0.05) is 39.3 Å². The van der Waals surface area contributed by atoms with E-state index in [2.05, 4.69) is 5.32 Å². The second-order valence-electron chi connectivity index (χ2n) is 11.3. The number of nitrogens with one attached hydrogen (secondary N) is 1. The van der Waals surface area contributed by atoms with Gasteiger partial charge in [-0.15, -0.1) is 11.8 Å². The Bertz CT molecular complexity index is 1650. The van der Waals surface area contributed by atoms with Crippen molar-refractivity contribution >= 4 is 35.6 Å². The first-order valence-electron chi connectivity index (χ1n) is 15.4. The Balaban J connectivity index is 1.91. The zero-order valence-electron chi connectivity index (χ0n) is 28.6. The Kier molecular flexibility index (Phi) is 12.5. The number of thioether (sulfide) groups is 1. The zero-order chi connectivity index (χ0) is 36.0. The smallest absolute Gasteiger partial charge is 0.303 e. The first-order chi connectivity index (χ1) is 23.3. The van der Waals surface area contributed by atoms with Crippen molar-refractivity contribution in [2.24, 2.45) is 0 Å². The van der Waals surface area contributed by atoms with Gasteiger partial charge in [0.25, 0.3) is 0 Å². The van der Waals surface area contributed by atoms with Crippen molar-refractivity contribution in [3.05, 3.63) is 45.6 Å². The average molecular weight is 704 g/mol. The van der Waals surface area contributed by atoms with Gasteiger partial charge in [0.2, 0.25) is 5.75 Å². The van der Waals surface area contributed by atoms with Crippen LogP contribution in [0.25, 0.3) is 11.1 Å². The Hall–Kier alpha value is -4.34. The lowest BCUT2D eigenvalue weighted by molar-refractivity contribution is -0.259. The second-order valence-corrected chi connectivity index (χ2v) is 12.2. The molecule has 2 aromatic carbocycles. The highest BCUT2D eigenvalue weighted by Gasteiger charge is 2.52. The van der Waals surface area contributed by atoms with E-state index in [-0.39, 0.29) is 12.0 Å². The number of rotatable bonds is 11. The Morgan fingerprint density at radius 3 is 2.04 bits per heavy atom. The van der Waals surface area contributed by atoms with Gasteiger partial charge in [-0.2, -0.15) is 0 Å². The van der Waals surface area contributed by atoms with E-state index in [1.54, 1.807) is 12.3 Å². The minimum atomic E-state index is -1.36. The van der Waals surface area contributed by atoms with E-state index in [1.807, 2.05) is 12.1 Å². The molecule has 0 unspecified atom stereocenters. The summed E-state index contributed by atoms with van der Waals surface area (Å²) in [4.78, 5) is 62.8. The third kappa shape index (κ3) is 8.46. The summed E-state index contributed by atoms with van der Waals surface area (Å²) in [5.74, 6) is -1.59. The molecule has 1 heterocycles. The largest absolute Gasteiger partial charge is 0.493 e. The maximum atomic E-state index is 13.5. The van der Waals surface area contributed by atoms with Crippen LogP contribution in [0, 0.1) is 0 Å². The number of hydrogen-bond acceptors (Lipinski definition) is 15. The van der Waals surface area contributed by atoms with Crippen LogP contribution in [-0.4, -0.2) is 88.7 Å². The topological polar surface area (TPSA) is 171 Å². The van der Waals surface area contributed by atoms with Crippen molar-refractivity contribution in [3.8, 4) is 28.4 Å². The zero-order valence-corrected chi connectivity index (χ0v) is 29.4. The lowest BCUT2D eigenvalue weighted by Gasteiger charge is -2.45. The molecule has 6 atom stereocenters. The van der Waals surface area contributed by atoms with Crippen molar-refractivity contribution in [3.63, 3.8) is 0 Å². The number of carbonyl (C=O) groups is 4. The highest BCUT2D eigenvalue weighted by Crippen LogP contribution is 2.50. The fraction of sp³-hybridized carbons (Fsp3) is 0.500. The predicted octanol–water partition coefficient (Wildman–Crippen LogP) is 3.12. The van der Waals surface area contributed by atoms with E-state index in [1.165, 1.54) is 53.0 Å². The number of carbonyl (C=O) groups excluding carboxylic acids is 4. The molecule has 0 saturated carbocycles. The van der Waals surface area contributed by atoms with E-state index in [4.69, 9.17) is 37.9 Å².